The summed E-state index contributed by atoms with van der Waals surface area (Å²) in [4.78, 5) is 10.5. The molecule has 5 nitrogen and oxygen atoms in total. The number of nitrogens with zero attached hydrogens (tertiary/aromatic N) is 3. The summed E-state index contributed by atoms with van der Waals surface area (Å²) in [5, 5.41) is 15.3. The van der Waals surface area contributed by atoms with Gasteiger partial charge in [0.2, 0.25) is 5.15 Å². The third kappa shape index (κ3) is 3.43. The molecule has 0 aliphatic heterocycles. The lowest BCUT2D eigenvalue weighted by Crippen LogP contribution is -2.04. The Morgan fingerprint density at radius 1 is 1.53 bits per heavy atom. The maximum Gasteiger partial charge on any atom is 0.329 e. The normalized spacial score (nSPS) is 11.1. The van der Waals surface area contributed by atoms with E-state index in [2.05, 4.69) is 18.9 Å². The van der Waals surface area contributed by atoms with Crippen molar-refractivity contribution in [3.8, 4) is 0 Å². The van der Waals surface area contributed by atoms with E-state index in [9.17, 15) is 10.1 Å². The molecule has 0 saturated heterocycles. The van der Waals surface area contributed by atoms with E-state index < -0.39 is 4.92 Å². The third-order valence-corrected chi connectivity index (χ3v) is 2.90. The summed E-state index contributed by atoms with van der Waals surface area (Å²) in [6, 6.07) is 0. The minimum Gasteiger partial charge on any atom is -0.258 e. The van der Waals surface area contributed by atoms with E-state index in [4.69, 9.17) is 11.6 Å². The van der Waals surface area contributed by atoms with Crippen LogP contribution in [0.3, 0.4) is 0 Å². The predicted octanol–water partition coefficient (Wildman–Crippen LogP) is 3.44. The van der Waals surface area contributed by atoms with Crippen LogP contribution in [0.1, 0.15) is 39.3 Å². The molecule has 0 saturated carbocycles. The third-order valence-electron chi connectivity index (χ3n) is 2.52. The Balaban J connectivity index is 2.99. The second kappa shape index (κ2) is 6.00. The molecular weight excluding hydrogens is 242 g/mol. The maximum atomic E-state index is 10.9. The van der Waals surface area contributed by atoms with E-state index in [1.54, 1.807) is 4.68 Å². The average molecular weight is 260 g/mol. The Kier molecular flexibility index (Phi) is 4.93. The minimum atomic E-state index is -0.438. The highest BCUT2D eigenvalue weighted by atomic mass is 35.5. The van der Waals surface area contributed by atoms with Crippen LogP contribution in [-0.2, 0) is 13.0 Å². The molecule has 1 rings (SSSR count). The summed E-state index contributed by atoms with van der Waals surface area (Å²) in [7, 11) is 0. The summed E-state index contributed by atoms with van der Waals surface area (Å²) in [5.74, 6) is 0.518. The highest BCUT2D eigenvalue weighted by Gasteiger charge is 2.25. The van der Waals surface area contributed by atoms with E-state index in [0.717, 1.165) is 12.8 Å². The lowest BCUT2D eigenvalue weighted by molar-refractivity contribution is -0.385. The Bertz CT molecular complexity index is 402. The molecule has 0 amide bonds. The van der Waals surface area contributed by atoms with Gasteiger partial charge < -0.3 is 0 Å². The number of halogens is 1. The van der Waals surface area contributed by atoms with Crippen molar-refractivity contribution in [2.75, 3.05) is 0 Å². The quantitative estimate of drug-likeness (QED) is 0.581. The van der Waals surface area contributed by atoms with E-state index in [-0.39, 0.29) is 10.8 Å². The van der Waals surface area contributed by atoms with Gasteiger partial charge in [-0.15, -0.1) is 0 Å². The fraction of sp³-hybridized carbons (Fsp3) is 0.727. The van der Waals surface area contributed by atoms with Crippen molar-refractivity contribution in [3.05, 3.63) is 21.0 Å². The van der Waals surface area contributed by atoms with Crippen LogP contribution < -0.4 is 0 Å². The smallest absolute Gasteiger partial charge is 0.258 e. The van der Waals surface area contributed by atoms with Crippen LogP contribution in [0.4, 0.5) is 5.69 Å². The van der Waals surface area contributed by atoms with Crippen LogP contribution in [0.5, 0.6) is 0 Å². The number of nitro groups is 1. The van der Waals surface area contributed by atoms with E-state index in [1.165, 1.54) is 0 Å². The van der Waals surface area contributed by atoms with Gasteiger partial charge in [0, 0.05) is 6.54 Å². The first kappa shape index (κ1) is 14.0. The molecule has 0 bridgehead atoms. The van der Waals surface area contributed by atoms with Crippen molar-refractivity contribution in [2.24, 2.45) is 5.92 Å². The fourth-order valence-corrected chi connectivity index (χ4v) is 1.89. The van der Waals surface area contributed by atoms with Crippen LogP contribution >= 0.6 is 11.6 Å². The van der Waals surface area contributed by atoms with Gasteiger partial charge in [-0.3, -0.25) is 10.1 Å². The van der Waals surface area contributed by atoms with Crippen LogP contribution in [0.2, 0.25) is 5.15 Å². The minimum absolute atomic E-state index is 0.0303. The molecule has 0 N–H and O–H groups in total. The van der Waals surface area contributed by atoms with Gasteiger partial charge in [-0.1, -0.05) is 38.8 Å². The van der Waals surface area contributed by atoms with Gasteiger partial charge in [-0.05, 0) is 18.8 Å². The van der Waals surface area contributed by atoms with E-state index in [1.807, 2.05) is 6.92 Å². The van der Waals surface area contributed by atoms with Crippen LogP contribution in [0.25, 0.3) is 0 Å². The largest absolute Gasteiger partial charge is 0.329 e. The van der Waals surface area contributed by atoms with Gasteiger partial charge in [0.1, 0.15) is 5.69 Å². The molecule has 1 heterocycles. The van der Waals surface area contributed by atoms with Gasteiger partial charge in [0.05, 0.1) is 4.92 Å². The van der Waals surface area contributed by atoms with Gasteiger partial charge in [-0.25, -0.2) is 4.68 Å². The summed E-state index contributed by atoms with van der Waals surface area (Å²) >= 11 is 6.00. The first-order chi connectivity index (χ1) is 7.97. The molecule has 0 radical (unpaired) electrons. The highest BCUT2D eigenvalue weighted by Crippen LogP contribution is 2.29. The van der Waals surface area contributed by atoms with Crippen molar-refractivity contribution >= 4 is 17.3 Å². The number of hydrogen-bond acceptors (Lipinski definition) is 3. The van der Waals surface area contributed by atoms with Crippen molar-refractivity contribution < 1.29 is 4.92 Å². The first-order valence-corrected chi connectivity index (χ1v) is 6.24. The topological polar surface area (TPSA) is 61.0 Å². The summed E-state index contributed by atoms with van der Waals surface area (Å²) in [6.07, 6.45) is 2.31. The average Bonchev–Trinajstić information content (AvgIpc) is 2.52. The van der Waals surface area contributed by atoms with Gasteiger partial charge in [-0.2, -0.15) is 5.10 Å². The molecule has 0 aliphatic carbocycles. The van der Waals surface area contributed by atoms with Gasteiger partial charge in [0.15, 0.2) is 0 Å². The Labute approximate surface area is 106 Å². The zero-order valence-electron chi connectivity index (χ0n) is 10.4. The molecule has 96 valence electrons. The molecule has 6 heteroatoms. The second-order valence-electron chi connectivity index (χ2n) is 4.50. The molecule has 17 heavy (non-hydrogen) atoms. The lowest BCUT2D eigenvalue weighted by Gasteiger charge is -2.04. The van der Waals surface area contributed by atoms with E-state index >= 15 is 0 Å². The molecular formula is C11H18ClN3O2. The number of aromatic nitrogens is 2. The number of rotatable bonds is 6. The zero-order valence-corrected chi connectivity index (χ0v) is 11.2. The number of aryl methyl sites for hydroxylation is 2. The van der Waals surface area contributed by atoms with Crippen molar-refractivity contribution in [3.63, 3.8) is 0 Å². The first-order valence-electron chi connectivity index (χ1n) is 5.86. The summed E-state index contributed by atoms with van der Waals surface area (Å²) in [6.45, 7) is 6.78. The second-order valence-corrected chi connectivity index (χ2v) is 4.86. The van der Waals surface area contributed by atoms with Gasteiger partial charge >= 0.3 is 5.69 Å². The zero-order chi connectivity index (χ0) is 13.0. The van der Waals surface area contributed by atoms with Crippen LogP contribution in [-0.4, -0.2) is 14.7 Å². The predicted molar refractivity (Wildman–Crippen MR) is 67.3 cm³/mol. The Morgan fingerprint density at radius 3 is 2.65 bits per heavy atom. The lowest BCUT2D eigenvalue weighted by atomic mass is 10.1. The monoisotopic (exact) mass is 259 g/mol. The highest BCUT2D eigenvalue weighted by molar-refractivity contribution is 6.31. The maximum absolute atomic E-state index is 10.9. The van der Waals surface area contributed by atoms with Crippen molar-refractivity contribution in [1.29, 1.82) is 0 Å². The van der Waals surface area contributed by atoms with Crippen molar-refractivity contribution in [1.82, 2.24) is 9.78 Å². The molecule has 0 fully saturated rings. The molecule has 1 aromatic heterocycles. The Morgan fingerprint density at radius 2 is 2.18 bits per heavy atom. The fourth-order valence-electron chi connectivity index (χ4n) is 1.59. The Hall–Kier alpha value is -1.10. The molecule has 0 spiro atoms. The SMILES string of the molecule is CCCc1nn(CCC(C)C)c(Cl)c1[N+](=O)[O-]. The summed E-state index contributed by atoms with van der Waals surface area (Å²) < 4.78 is 1.55. The summed E-state index contributed by atoms with van der Waals surface area (Å²) in [5.41, 5.74) is 0.462. The van der Waals surface area contributed by atoms with Crippen LogP contribution in [0, 0.1) is 16.0 Å². The molecule has 0 atom stereocenters. The van der Waals surface area contributed by atoms with Gasteiger partial charge in [0.25, 0.3) is 0 Å². The molecule has 0 unspecified atom stereocenters. The van der Waals surface area contributed by atoms with E-state index in [0.29, 0.717) is 24.6 Å². The number of hydrogen-bond donors (Lipinski definition) is 0. The molecule has 1 aromatic rings. The van der Waals surface area contributed by atoms with Crippen LogP contribution in [0.15, 0.2) is 0 Å². The van der Waals surface area contributed by atoms with Crippen molar-refractivity contribution in [2.45, 2.75) is 46.6 Å². The molecule has 0 aromatic carbocycles. The standard InChI is InChI=1S/C11H18ClN3O2/c1-4-5-9-10(15(16)17)11(12)14(13-9)7-6-8(2)3/h8H,4-7H2,1-3H3. The molecule has 0 aliphatic rings.